The Hall–Kier alpha value is -2.18. The Balaban J connectivity index is 2.43. The maximum Gasteiger partial charge on any atom is 0.242 e. The lowest BCUT2D eigenvalue weighted by molar-refractivity contribution is -0.124. The first-order valence-corrected chi connectivity index (χ1v) is 6.36. The average Bonchev–Trinajstić information content (AvgIpc) is 2.90. The molecule has 110 valence electrons. The van der Waals surface area contributed by atoms with Crippen LogP contribution in [0.25, 0.3) is 0 Å². The quantitative estimate of drug-likeness (QED) is 0.138. The molecule has 0 bridgehead atoms. The third-order valence-electron chi connectivity index (χ3n) is 2.94. The average molecular weight is 281 g/mol. The number of nitrogens with one attached hydrogen (secondary N) is 2. The predicted octanol–water partition coefficient (Wildman–Crippen LogP) is -2.16. The number of amides is 1. The number of hydrogen-bond acceptors (Lipinski definition) is 5. The number of aldehydes is 1. The zero-order chi connectivity index (χ0) is 15.0. The molecule has 1 aliphatic rings. The van der Waals surface area contributed by atoms with Gasteiger partial charge in [-0.05, 0) is 19.3 Å². The third kappa shape index (κ3) is 4.83. The largest absolute Gasteiger partial charge is 0.370 e. The molecule has 0 unspecified atom stereocenters. The first-order valence-electron chi connectivity index (χ1n) is 6.36. The van der Waals surface area contributed by atoms with Crippen LogP contribution in [0.3, 0.4) is 0 Å². The van der Waals surface area contributed by atoms with Crippen LogP contribution in [0.2, 0.25) is 0 Å². The fourth-order valence-corrected chi connectivity index (χ4v) is 1.94. The number of aliphatic imine (C=N–C) groups is 1. The maximum absolute atomic E-state index is 11.9. The highest BCUT2D eigenvalue weighted by Gasteiger charge is 2.29. The fourth-order valence-electron chi connectivity index (χ4n) is 1.94. The van der Waals surface area contributed by atoms with E-state index in [9.17, 15) is 14.4 Å². The molecule has 0 aromatic heterocycles. The van der Waals surface area contributed by atoms with Crippen molar-refractivity contribution in [3.05, 3.63) is 5.57 Å². The molecule has 2 atom stereocenters. The van der Waals surface area contributed by atoms with Gasteiger partial charge >= 0.3 is 0 Å². The molecule has 8 nitrogen and oxygen atoms in total. The number of hydrogen-bond donors (Lipinski definition) is 4. The molecule has 1 heterocycles. The Morgan fingerprint density at radius 1 is 1.60 bits per heavy atom. The summed E-state index contributed by atoms with van der Waals surface area (Å²) >= 11 is 0. The van der Waals surface area contributed by atoms with Crippen molar-refractivity contribution in [2.45, 2.75) is 31.3 Å². The summed E-state index contributed by atoms with van der Waals surface area (Å²) in [5.41, 5.74) is 10.7. The van der Waals surface area contributed by atoms with E-state index < -0.39 is 12.1 Å². The maximum atomic E-state index is 11.9. The van der Waals surface area contributed by atoms with Gasteiger partial charge in [-0.1, -0.05) is 0 Å². The van der Waals surface area contributed by atoms with E-state index in [0.717, 1.165) is 0 Å². The summed E-state index contributed by atoms with van der Waals surface area (Å²) in [6.07, 6.45) is 2.15. The summed E-state index contributed by atoms with van der Waals surface area (Å²) < 4.78 is 0. The molecule has 0 aliphatic carbocycles. The number of carbonyl (C=O) groups excluding carboxylic acids is 3. The molecule has 0 aromatic carbocycles. The highest BCUT2D eigenvalue weighted by Crippen LogP contribution is 2.11. The Kier molecular flexibility index (Phi) is 6.42. The van der Waals surface area contributed by atoms with Gasteiger partial charge < -0.3 is 26.9 Å². The van der Waals surface area contributed by atoms with Gasteiger partial charge in [-0.3, -0.25) is 9.79 Å². The van der Waals surface area contributed by atoms with Crippen molar-refractivity contribution in [2.24, 2.45) is 16.5 Å². The number of guanidine groups is 1. The molecule has 8 heteroatoms. The minimum absolute atomic E-state index is 0.00685. The highest BCUT2D eigenvalue weighted by atomic mass is 16.2. The Morgan fingerprint density at radius 3 is 2.95 bits per heavy atom. The lowest BCUT2D eigenvalue weighted by Gasteiger charge is -2.16. The van der Waals surface area contributed by atoms with Crippen LogP contribution < -0.4 is 22.1 Å². The molecule has 1 saturated heterocycles. The van der Waals surface area contributed by atoms with Gasteiger partial charge in [-0.15, -0.1) is 0 Å². The second-order valence-electron chi connectivity index (χ2n) is 4.46. The van der Waals surface area contributed by atoms with E-state index in [0.29, 0.717) is 44.2 Å². The Bertz CT molecular complexity index is 438. The van der Waals surface area contributed by atoms with Crippen LogP contribution >= 0.6 is 0 Å². The zero-order valence-electron chi connectivity index (χ0n) is 11.1. The SMILES string of the molecule is NC(N)=NCCC[C@@H](C=O)NC(=O)[C@H]1NCCC1=C=O. The smallest absolute Gasteiger partial charge is 0.242 e. The minimum atomic E-state index is -0.687. The van der Waals surface area contributed by atoms with Gasteiger partial charge in [0, 0.05) is 18.7 Å². The van der Waals surface area contributed by atoms with Crippen molar-refractivity contribution in [2.75, 3.05) is 13.1 Å². The van der Waals surface area contributed by atoms with Crippen LogP contribution in [-0.2, 0) is 14.4 Å². The van der Waals surface area contributed by atoms with Crippen molar-refractivity contribution in [1.82, 2.24) is 10.6 Å². The minimum Gasteiger partial charge on any atom is -0.370 e. The first kappa shape index (κ1) is 15.9. The predicted molar refractivity (Wildman–Crippen MR) is 73.5 cm³/mol. The molecule has 1 aliphatic heterocycles. The number of nitrogens with two attached hydrogens (primary N) is 2. The summed E-state index contributed by atoms with van der Waals surface area (Å²) in [6.45, 7) is 0.947. The summed E-state index contributed by atoms with van der Waals surface area (Å²) in [5.74, 6) is 1.36. The highest BCUT2D eigenvalue weighted by molar-refractivity contribution is 5.90. The normalized spacial score (nSPS) is 19.0. The molecular weight excluding hydrogens is 262 g/mol. The fraction of sp³-hybridized carbons (Fsp3) is 0.583. The van der Waals surface area contributed by atoms with E-state index in [1.807, 2.05) is 0 Å². The summed E-state index contributed by atoms with van der Waals surface area (Å²) in [6, 6.07) is -1.31. The van der Waals surface area contributed by atoms with Crippen LogP contribution in [0, 0.1) is 0 Å². The summed E-state index contributed by atoms with van der Waals surface area (Å²) in [4.78, 5) is 37.3. The van der Waals surface area contributed by atoms with E-state index in [2.05, 4.69) is 15.6 Å². The molecule has 0 saturated carbocycles. The molecule has 6 N–H and O–H groups in total. The van der Waals surface area contributed by atoms with E-state index in [4.69, 9.17) is 11.5 Å². The second kappa shape index (κ2) is 8.08. The van der Waals surface area contributed by atoms with Crippen LogP contribution in [-0.4, -0.2) is 49.3 Å². The van der Waals surface area contributed by atoms with Gasteiger partial charge in [-0.25, -0.2) is 4.79 Å². The molecule has 0 spiro atoms. The third-order valence-corrected chi connectivity index (χ3v) is 2.94. The van der Waals surface area contributed by atoms with Gasteiger partial charge in [0.25, 0.3) is 0 Å². The van der Waals surface area contributed by atoms with E-state index in [-0.39, 0.29) is 11.9 Å². The Morgan fingerprint density at radius 2 is 2.35 bits per heavy atom. The molecule has 20 heavy (non-hydrogen) atoms. The zero-order valence-corrected chi connectivity index (χ0v) is 11.1. The lowest BCUT2D eigenvalue weighted by atomic mass is 10.1. The van der Waals surface area contributed by atoms with Gasteiger partial charge in [0.1, 0.15) is 18.3 Å². The standard InChI is InChI=1S/C12H19N5O3/c13-12(14)16-4-1-2-9(7-19)17-11(20)10-8(6-18)3-5-15-10/h7,9-10,15H,1-5H2,(H,17,20)(H4,13,14,16)/t9-,10-/m0/s1. The van der Waals surface area contributed by atoms with Crippen LogP contribution in [0.5, 0.6) is 0 Å². The van der Waals surface area contributed by atoms with Crippen LogP contribution in [0.15, 0.2) is 10.6 Å². The molecule has 1 rings (SSSR count). The molecule has 0 radical (unpaired) electrons. The van der Waals surface area contributed by atoms with Gasteiger partial charge in [0.15, 0.2) is 5.96 Å². The topological polar surface area (TPSA) is 140 Å². The van der Waals surface area contributed by atoms with Gasteiger partial charge in [-0.2, -0.15) is 0 Å². The van der Waals surface area contributed by atoms with Gasteiger partial charge in [0.05, 0.1) is 6.04 Å². The lowest BCUT2D eigenvalue weighted by Crippen LogP contribution is -2.46. The molecule has 1 amide bonds. The molecule has 0 aromatic rings. The van der Waals surface area contributed by atoms with Crippen LogP contribution in [0.1, 0.15) is 19.3 Å². The summed E-state index contributed by atoms with van der Waals surface area (Å²) in [7, 11) is 0. The van der Waals surface area contributed by atoms with Gasteiger partial charge in [0.2, 0.25) is 5.91 Å². The van der Waals surface area contributed by atoms with Crippen LogP contribution in [0.4, 0.5) is 0 Å². The van der Waals surface area contributed by atoms with E-state index in [1.165, 1.54) is 0 Å². The van der Waals surface area contributed by atoms with E-state index in [1.54, 1.807) is 5.94 Å². The van der Waals surface area contributed by atoms with E-state index >= 15 is 0 Å². The van der Waals surface area contributed by atoms with Crippen molar-refractivity contribution in [1.29, 1.82) is 0 Å². The number of carbonyl (C=O) groups is 2. The van der Waals surface area contributed by atoms with Crippen molar-refractivity contribution < 1.29 is 14.4 Å². The number of rotatable bonds is 7. The number of nitrogens with zero attached hydrogens (tertiary/aromatic N) is 1. The second-order valence-corrected chi connectivity index (χ2v) is 4.46. The first-order chi connectivity index (χ1) is 9.58. The summed E-state index contributed by atoms with van der Waals surface area (Å²) in [5, 5.41) is 5.47. The Labute approximate surface area is 116 Å². The van der Waals surface area contributed by atoms with Crippen molar-refractivity contribution in [3.63, 3.8) is 0 Å². The van der Waals surface area contributed by atoms with Crippen molar-refractivity contribution >= 4 is 24.1 Å². The molecule has 1 fully saturated rings. The monoisotopic (exact) mass is 281 g/mol. The molecular formula is C12H19N5O3. The van der Waals surface area contributed by atoms with Crippen molar-refractivity contribution in [3.8, 4) is 0 Å².